The first-order valence-corrected chi connectivity index (χ1v) is 7.54. The number of methoxy groups -OCH3 is 1. The molecule has 0 aliphatic heterocycles. The molecule has 0 fully saturated rings. The molecule has 2 aromatic rings. The second-order valence-electron chi connectivity index (χ2n) is 4.98. The van der Waals surface area contributed by atoms with Gasteiger partial charge < -0.3 is 20.5 Å². The molecule has 10 heteroatoms. The molecule has 0 saturated carbocycles. The molecule has 2 rings (SSSR count). The maximum absolute atomic E-state index is 12.1. The summed E-state index contributed by atoms with van der Waals surface area (Å²) in [6, 6.07) is 7.98. The number of ether oxygens (including phenoxy) is 2. The van der Waals surface area contributed by atoms with Crippen molar-refractivity contribution < 1.29 is 24.0 Å². The molecule has 136 valence electrons. The van der Waals surface area contributed by atoms with Gasteiger partial charge in [-0.3, -0.25) is 19.7 Å². The van der Waals surface area contributed by atoms with Gasteiger partial charge in [0.25, 0.3) is 17.5 Å². The van der Waals surface area contributed by atoms with Gasteiger partial charge in [0.1, 0.15) is 11.5 Å². The average Bonchev–Trinajstić information content (AvgIpc) is 2.60. The van der Waals surface area contributed by atoms with E-state index < -0.39 is 23.3 Å². The van der Waals surface area contributed by atoms with Crippen LogP contribution in [0.3, 0.4) is 0 Å². The van der Waals surface area contributed by atoms with E-state index in [1.165, 1.54) is 43.5 Å². The van der Waals surface area contributed by atoms with E-state index in [4.69, 9.17) is 26.8 Å². The lowest BCUT2D eigenvalue weighted by molar-refractivity contribution is -0.384. The van der Waals surface area contributed by atoms with Gasteiger partial charge in [-0.2, -0.15) is 0 Å². The fraction of sp³-hybridized carbons (Fsp3) is 0.125. The van der Waals surface area contributed by atoms with Crippen molar-refractivity contribution >= 4 is 34.8 Å². The summed E-state index contributed by atoms with van der Waals surface area (Å²) in [6.45, 7) is -0.429. The second kappa shape index (κ2) is 8.17. The van der Waals surface area contributed by atoms with Crippen molar-refractivity contribution in [2.24, 2.45) is 5.73 Å². The van der Waals surface area contributed by atoms with Crippen LogP contribution in [0.15, 0.2) is 36.4 Å². The number of nitrogens with two attached hydrogens (primary N) is 1. The van der Waals surface area contributed by atoms with Crippen LogP contribution in [-0.4, -0.2) is 30.5 Å². The standard InChI is InChI=1S/C16H14ClN3O6/c1-25-14-7-10(20(23)24)3-4-12(14)19-15(21)8-26-13-5-2-9(17)6-11(13)16(18)22/h2-7H,8H2,1H3,(H2,18,22)(H,19,21). The maximum Gasteiger partial charge on any atom is 0.273 e. The molecule has 2 aromatic carbocycles. The molecule has 0 aliphatic carbocycles. The summed E-state index contributed by atoms with van der Waals surface area (Å²) in [6.07, 6.45) is 0. The zero-order valence-corrected chi connectivity index (χ0v) is 14.3. The van der Waals surface area contributed by atoms with Gasteiger partial charge >= 0.3 is 0 Å². The average molecular weight is 380 g/mol. The summed E-state index contributed by atoms with van der Waals surface area (Å²) in [4.78, 5) is 33.6. The van der Waals surface area contributed by atoms with Crippen LogP contribution in [0.4, 0.5) is 11.4 Å². The number of non-ortho nitro benzene ring substituents is 1. The molecule has 0 unspecified atom stereocenters. The molecule has 0 aromatic heterocycles. The Hall–Kier alpha value is -3.33. The molecule has 0 heterocycles. The molecule has 2 amide bonds. The van der Waals surface area contributed by atoms with E-state index in [0.717, 1.165) is 0 Å². The van der Waals surface area contributed by atoms with Crippen molar-refractivity contribution in [1.82, 2.24) is 0 Å². The van der Waals surface area contributed by atoms with Crippen molar-refractivity contribution in [3.05, 3.63) is 57.1 Å². The zero-order chi connectivity index (χ0) is 19.3. The smallest absolute Gasteiger partial charge is 0.273 e. The topological polar surface area (TPSA) is 134 Å². The first-order chi connectivity index (χ1) is 12.3. The van der Waals surface area contributed by atoms with Crippen LogP contribution >= 0.6 is 11.6 Å². The van der Waals surface area contributed by atoms with Crippen LogP contribution in [0.1, 0.15) is 10.4 Å². The monoisotopic (exact) mass is 379 g/mol. The summed E-state index contributed by atoms with van der Waals surface area (Å²) in [7, 11) is 1.32. The van der Waals surface area contributed by atoms with Crippen LogP contribution in [0.25, 0.3) is 0 Å². The molecule has 26 heavy (non-hydrogen) atoms. The molecule has 9 nitrogen and oxygen atoms in total. The molecule has 0 aliphatic rings. The normalized spacial score (nSPS) is 10.1. The minimum Gasteiger partial charge on any atom is -0.494 e. The first kappa shape index (κ1) is 19.0. The molecule has 0 bridgehead atoms. The first-order valence-electron chi connectivity index (χ1n) is 7.16. The van der Waals surface area contributed by atoms with E-state index in [1.54, 1.807) is 0 Å². The lowest BCUT2D eigenvalue weighted by atomic mass is 10.2. The lowest BCUT2D eigenvalue weighted by Gasteiger charge is -2.12. The number of nitro groups is 1. The molecule has 3 N–H and O–H groups in total. The fourth-order valence-electron chi connectivity index (χ4n) is 2.05. The lowest BCUT2D eigenvalue weighted by Crippen LogP contribution is -2.22. The number of carbonyl (C=O) groups is 2. The molecule has 0 radical (unpaired) electrons. The van der Waals surface area contributed by atoms with Gasteiger partial charge in [0, 0.05) is 11.1 Å². The number of carbonyl (C=O) groups excluding carboxylic acids is 2. The zero-order valence-electron chi connectivity index (χ0n) is 13.5. The summed E-state index contributed by atoms with van der Waals surface area (Å²) in [5, 5.41) is 13.6. The third kappa shape index (κ3) is 4.61. The van der Waals surface area contributed by atoms with Crippen molar-refractivity contribution in [2.75, 3.05) is 19.0 Å². The number of halogens is 1. The highest BCUT2D eigenvalue weighted by Gasteiger charge is 2.15. The number of benzene rings is 2. The molecular weight excluding hydrogens is 366 g/mol. The Morgan fingerprint density at radius 3 is 2.58 bits per heavy atom. The van der Waals surface area contributed by atoms with E-state index in [2.05, 4.69) is 5.32 Å². The van der Waals surface area contributed by atoms with E-state index >= 15 is 0 Å². The molecule has 0 spiro atoms. The molecular formula is C16H14ClN3O6. The summed E-state index contributed by atoms with van der Waals surface area (Å²) >= 11 is 5.79. The number of hydrogen-bond donors (Lipinski definition) is 2. The summed E-state index contributed by atoms with van der Waals surface area (Å²) < 4.78 is 10.3. The minimum atomic E-state index is -0.750. The van der Waals surface area contributed by atoms with Crippen molar-refractivity contribution in [3.8, 4) is 11.5 Å². The fourth-order valence-corrected chi connectivity index (χ4v) is 2.22. The summed E-state index contributed by atoms with van der Waals surface area (Å²) in [5.74, 6) is -1.09. The maximum atomic E-state index is 12.1. The number of nitrogens with one attached hydrogen (secondary N) is 1. The Labute approximate surface area is 152 Å². The third-order valence-electron chi connectivity index (χ3n) is 3.24. The van der Waals surface area contributed by atoms with Gasteiger partial charge in [0.05, 0.1) is 29.4 Å². The van der Waals surface area contributed by atoms with Gasteiger partial charge in [-0.25, -0.2) is 0 Å². The second-order valence-corrected chi connectivity index (χ2v) is 5.42. The van der Waals surface area contributed by atoms with E-state index in [9.17, 15) is 19.7 Å². The number of nitrogens with zero attached hydrogens (tertiary/aromatic N) is 1. The van der Waals surface area contributed by atoms with Crippen LogP contribution in [0.5, 0.6) is 11.5 Å². The van der Waals surface area contributed by atoms with Gasteiger partial charge in [-0.1, -0.05) is 11.6 Å². The molecule has 0 saturated heterocycles. The van der Waals surface area contributed by atoms with Crippen molar-refractivity contribution in [2.45, 2.75) is 0 Å². The Balaban J connectivity index is 2.08. The number of rotatable bonds is 7. The van der Waals surface area contributed by atoms with Crippen molar-refractivity contribution in [1.29, 1.82) is 0 Å². The quantitative estimate of drug-likeness (QED) is 0.560. The van der Waals surface area contributed by atoms with Gasteiger partial charge in [-0.15, -0.1) is 0 Å². The highest BCUT2D eigenvalue weighted by Crippen LogP contribution is 2.29. The van der Waals surface area contributed by atoms with Gasteiger partial charge in [0.15, 0.2) is 6.61 Å². The third-order valence-corrected chi connectivity index (χ3v) is 3.47. The highest BCUT2D eigenvalue weighted by atomic mass is 35.5. The summed E-state index contributed by atoms with van der Waals surface area (Å²) in [5.41, 5.74) is 5.34. The van der Waals surface area contributed by atoms with E-state index in [1.807, 2.05) is 0 Å². The molecule has 0 atom stereocenters. The van der Waals surface area contributed by atoms with Crippen molar-refractivity contribution in [3.63, 3.8) is 0 Å². The van der Waals surface area contributed by atoms with Crippen LogP contribution < -0.4 is 20.5 Å². The number of amides is 2. The van der Waals surface area contributed by atoms with E-state index in [-0.39, 0.29) is 28.4 Å². The Morgan fingerprint density at radius 1 is 1.23 bits per heavy atom. The Morgan fingerprint density at radius 2 is 1.96 bits per heavy atom. The predicted octanol–water partition coefficient (Wildman–Crippen LogP) is 2.37. The SMILES string of the molecule is COc1cc([N+](=O)[O-])ccc1NC(=O)COc1ccc(Cl)cc1C(N)=O. The Kier molecular flexibility index (Phi) is 5.97. The number of primary amides is 1. The largest absolute Gasteiger partial charge is 0.494 e. The Bertz CT molecular complexity index is 871. The van der Waals surface area contributed by atoms with Gasteiger partial charge in [0.2, 0.25) is 0 Å². The highest BCUT2D eigenvalue weighted by molar-refractivity contribution is 6.31. The van der Waals surface area contributed by atoms with Crippen LogP contribution in [0.2, 0.25) is 5.02 Å². The van der Waals surface area contributed by atoms with Gasteiger partial charge in [-0.05, 0) is 24.3 Å². The number of hydrogen-bond acceptors (Lipinski definition) is 6. The minimum absolute atomic E-state index is 0.0400. The number of anilines is 1. The van der Waals surface area contributed by atoms with E-state index in [0.29, 0.717) is 5.02 Å². The predicted molar refractivity (Wildman–Crippen MR) is 93.7 cm³/mol. The number of nitro benzene ring substituents is 1. The van der Waals surface area contributed by atoms with Crippen LogP contribution in [0, 0.1) is 10.1 Å². The van der Waals surface area contributed by atoms with Crippen LogP contribution in [-0.2, 0) is 4.79 Å².